The Morgan fingerprint density at radius 2 is 1.13 bits per heavy atom. The van der Waals surface area contributed by atoms with Gasteiger partial charge >= 0.3 is 0 Å². The van der Waals surface area contributed by atoms with Crippen molar-refractivity contribution in [3.8, 4) is 11.5 Å². The number of aryl methyl sites for hydroxylation is 1. The summed E-state index contributed by atoms with van der Waals surface area (Å²) < 4.78 is 14.6. The van der Waals surface area contributed by atoms with Crippen molar-refractivity contribution >= 4 is 21.8 Å². The number of nitrogens with zero attached hydrogens (tertiary/aromatic N) is 3. The fraction of sp³-hybridized carbons (Fsp3) is 0.538. The lowest BCUT2D eigenvalue weighted by molar-refractivity contribution is 0.238. The molecule has 2 fully saturated rings. The van der Waals surface area contributed by atoms with Crippen LogP contribution in [0.2, 0.25) is 0 Å². The fourth-order valence-electron chi connectivity index (χ4n) is 5.18. The van der Waals surface area contributed by atoms with Crippen molar-refractivity contribution in [2.75, 3.05) is 52.5 Å². The molecule has 2 saturated heterocycles. The SMILES string of the molecule is CCn1c2ccc(OCCN3CCCC3)cc2c2cc(OCCN3CCCC3)ccc21. The van der Waals surface area contributed by atoms with E-state index in [1.165, 1.54) is 73.7 Å². The molecule has 3 aromatic rings. The lowest BCUT2D eigenvalue weighted by Gasteiger charge is -2.15. The number of fused-ring (bicyclic) bond motifs is 3. The van der Waals surface area contributed by atoms with Gasteiger partial charge in [-0.2, -0.15) is 0 Å². The normalized spacial score (nSPS) is 17.8. The van der Waals surface area contributed by atoms with E-state index in [9.17, 15) is 0 Å². The van der Waals surface area contributed by atoms with E-state index in [-0.39, 0.29) is 0 Å². The zero-order valence-electron chi connectivity index (χ0n) is 18.8. The zero-order valence-corrected chi connectivity index (χ0v) is 18.8. The van der Waals surface area contributed by atoms with Gasteiger partial charge in [0.25, 0.3) is 0 Å². The molecule has 0 amide bonds. The van der Waals surface area contributed by atoms with Crippen molar-refractivity contribution in [3.05, 3.63) is 36.4 Å². The van der Waals surface area contributed by atoms with Crippen LogP contribution >= 0.6 is 0 Å². The molecule has 0 saturated carbocycles. The summed E-state index contributed by atoms with van der Waals surface area (Å²) in [6, 6.07) is 13.1. The van der Waals surface area contributed by atoms with Crippen LogP contribution in [-0.2, 0) is 6.54 Å². The molecular weight excluding hydrogens is 386 g/mol. The second-order valence-corrected chi connectivity index (χ2v) is 8.90. The highest BCUT2D eigenvalue weighted by atomic mass is 16.5. The van der Waals surface area contributed by atoms with Crippen molar-refractivity contribution in [2.45, 2.75) is 39.2 Å². The lowest BCUT2D eigenvalue weighted by atomic mass is 10.1. The number of ether oxygens (including phenoxy) is 2. The Bertz CT molecular complexity index is 937. The highest BCUT2D eigenvalue weighted by Crippen LogP contribution is 2.34. The second-order valence-electron chi connectivity index (χ2n) is 8.90. The lowest BCUT2D eigenvalue weighted by Crippen LogP contribution is -2.25. The van der Waals surface area contributed by atoms with Crippen molar-refractivity contribution < 1.29 is 9.47 Å². The number of benzene rings is 2. The average molecular weight is 422 g/mol. The smallest absolute Gasteiger partial charge is 0.120 e. The number of rotatable bonds is 9. The molecule has 0 aliphatic carbocycles. The summed E-state index contributed by atoms with van der Waals surface area (Å²) in [7, 11) is 0. The van der Waals surface area contributed by atoms with Crippen LogP contribution < -0.4 is 9.47 Å². The van der Waals surface area contributed by atoms with Gasteiger partial charge in [-0.15, -0.1) is 0 Å². The third-order valence-electron chi connectivity index (χ3n) is 6.87. The van der Waals surface area contributed by atoms with E-state index in [1.54, 1.807) is 0 Å². The first-order valence-electron chi connectivity index (χ1n) is 12.1. The molecule has 5 nitrogen and oxygen atoms in total. The minimum absolute atomic E-state index is 0.753. The Balaban J connectivity index is 1.33. The van der Waals surface area contributed by atoms with E-state index in [0.717, 1.165) is 44.3 Å². The van der Waals surface area contributed by atoms with E-state index in [2.05, 4.69) is 57.7 Å². The number of hydrogen-bond donors (Lipinski definition) is 0. The van der Waals surface area contributed by atoms with E-state index in [0.29, 0.717) is 0 Å². The minimum atomic E-state index is 0.753. The molecule has 1 aromatic heterocycles. The van der Waals surface area contributed by atoms with Crippen LogP contribution in [0.4, 0.5) is 0 Å². The minimum Gasteiger partial charge on any atom is -0.492 e. The molecule has 2 aromatic carbocycles. The highest BCUT2D eigenvalue weighted by Gasteiger charge is 2.14. The van der Waals surface area contributed by atoms with Crippen LogP contribution in [-0.4, -0.2) is 66.8 Å². The van der Waals surface area contributed by atoms with Crippen molar-refractivity contribution in [1.82, 2.24) is 14.4 Å². The van der Waals surface area contributed by atoms with Gasteiger partial charge in [-0.1, -0.05) is 0 Å². The molecule has 0 spiro atoms. The third kappa shape index (κ3) is 4.53. The molecule has 0 unspecified atom stereocenters. The van der Waals surface area contributed by atoms with Gasteiger partial charge in [0.15, 0.2) is 0 Å². The van der Waals surface area contributed by atoms with Crippen LogP contribution in [0.1, 0.15) is 32.6 Å². The number of likely N-dealkylation sites (tertiary alicyclic amines) is 2. The van der Waals surface area contributed by atoms with Crippen LogP contribution in [0, 0.1) is 0 Å². The summed E-state index contributed by atoms with van der Waals surface area (Å²) in [6.07, 6.45) is 5.30. The van der Waals surface area contributed by atoms with E-state index >= 15 is 0 Å². The van der Waals surface area contributed by atoms with Crippen LogP contribution in [0.3, 0.4) is 0 Å². The van der Waals surface area contributed by atoms with Gasteiger partial charge in [-0.05, 0) is 95.2 Å². The Hall–Kier alpha value is -2.24. The largest absolute Gasteiger partial charge is 0.492 e. The molecule has 0 radical (unpaired) electrons. The van der Waals surface area contributed by atoms with Crippen LogP contribution in [0.5, 0.6) is 11.5 Å². The van der Waals surface area contributed by atoms with E-state index in [4.69, 9.17) is 9.47 Å². The molecule has 0 atom stereocenters. The molecular formula is C26H35N3O2. The molecule has 0 bridgehead atoms. The van der Waals surface area contributed by atoms with Gasteiger partial charge in [0.2, 0.25) is 0 Å². The summed E-state index contributed by atoms with van der Waals surface area (Å²) in [4.78, 5) is 4.99. The van der Waals surface area contributed by atoms with Crippen molar-refractivity contribution in [2.24, 2.45) is 0 Å². The monoisotopic (exact) mass is 421 g/mol. The second kappa shape index (κ2) is 9.49. The fourth-order valence-corrected chi connectivity index (χ4v) is 5.18. The Kier molecular flexibility index (Phi) is 6.32. The Morgan fingerprint density at radius 3 is 1.55 bits per heavy atom. The summed E-state index contributed by atoms with van der Waals surface area (Å²) in [5.41, 5.74) is 2.53. The van der Waals surface area contributed by atoms with Gasteiger partial charge in [-0.3, -0.25) is 9.80 Å². The van der Waals surface area contributed by atoms with Gasteiger partial charge in [0, 0.05) is 41.4 Å². The van der Waals surface area contributed by atoms with Crippen LogP contribution in [0.25, 0.3) is 21.8 Å². The molecule has 0 N–H and O–H groups in total. The topological polar surface area (TPSA) is 29.9 Å². The van der Waals surface area contributed by atoms with Crippen molar-refractivity contribution in [1.29, 1.82) is 0 Å². The number of aromatic nitrogens is 1. The maximum atomic E-state index is 6.13. The van der Waals surface area contributed by atoms with E-state index in [1.807, 2.05) is 0 Å². The standard InChI is InChI=1S/C26H35N3O2/c1-2-29-25-9-7-21(30-17-15-27-11-3-4-12-27)19-23(25)24-20-22(8-10-26(24)29)31-18-16-28-13-5-6-14-28/h7-10,19-20H,2-6,11-18H2,1H3. The summed E-state index contributed by atoms with van der Waals surface area (Å²) in [5, 5.41) is 2.50. The zero-order chi connectivity index (χ0) is 21.0. The first-order chi connectivity index (χ1) is 15.3. The maximum Gasteiger partial charge on any atom is 0.120 e. The van der Waals surface area contributed by atoms with Gasteiger partial charge in [-0.25, -0.2) is 0 Å². The average Bonchev–Trinajstić information content (AvgIpc) is 3.54. The summed E-state index contributed by atoms with van der Waals surface area (Å²) in [5.74, 6) is 1.92. The van der Waals surface area contributed by atoms with Gasteiger partial charge in [0.05, 0.1) is 0 Å². The molecule has 2 aliphatic rings. The summed E-state index contributed by atoms with van der Waals surface area (Å²) >= 11 is 0. The third-order valence-corrected chi connectivity index (χ3v) is 6.87. The number of hydrogen-bond acceptors (Lipinski definition) is 4. The molecule has 31 heavy (non-hydrogen) atoms. The van der Waals surface area contributed by atoms with E-state index < -0.39 is 0 Å². The maximum absolute atomic E-state index is 6.13. The molecule has 5 heteroatoms. The quantitative estimate of drug-likeness (QED) is 0.498. The van der Waals surface area contributed by atoms with Gasteiger partial charge in [0.1, 0.15) is 24.7 Å². The molecule has 3 heterocycles. The molecule has 166 valence electrons. The first-order valence-corrected chi connectivity index (χ1v) is 12.1. The predicted molar refractivity (Wildman–Crippen MR) is 127 cm³/mol. The Morgan fingerprint density at radius 1 is 0.677 bits per heavy atom. The molecule has 2 aliphatic heterocycles. The molecule has 5 rings (SSSR count). The van der Waals surface area contributed by atoms with Crippen molar-refractivity contribution in [3.63, 3.8) is 0 Å². The predicted octanol–water partition coefficient (Wildman–Crippen LogP) is 4.76. The first kappa shape index (κ1) is 20.7. The summed E-state index contributed by atoms with van der Waals surface area (Å²) in [6.45, 7) is 11.6. The highest BCUT2D eigenvalue weighted by molar-refractivity contribution is 6.09. The van der Waals surface area contributed by atoms with Gasteiger partial charge < -0.3 is 14.0 Å². The Labute approximate surface area is 185 Å². The van der Waals surface area contributed by atoms with Crippen LogP contribution in [0.15, 0.2) is 36.4 Å².